The van der Waals surface area contributed by atoms with Gasteiger partial charge in [0.1, 0.15) is 12.1 Å². The Morgan fingerprint density at radius 2 is 1.83 bits per heavy atom. The molecule has 116 valence electrons. The number of nitrogens with one attached hydrogen (secondary N) is 1. The second-order valence-electron chi connectivity index (χ2n) is 5.31. The topological polar surface area (TPSA) is 81.2 Å². The molecule has 0 saturated carbocycles. The van der Waals surface area contributed by atoms with Crippen molar-refractivity contribution in [1.82, 2.24) is 9.97 Å². The fourth-order valence-electron chi connectivity index (χ4n) is 2.26. The van der Waals surface area contributed by atoms with Crippen molar-refractivity contribution in [3.8, 4) is 0 Å². The summed E-state index contributed by atoms with van der Waals surface area (Å²) in [4.78, 5) is 21.3. The van der Waals surface area contributed by atoms with E-state index in [-0.39, 0.29) is 5.56 Å². The summed E-state index contributed by atoms with van der Waals surface area (Å²) < 4.78 is 0. The molecule has 0 aliphatic rings. The first-order valence-electron chi connectivity index (χ1n) is 7.05. The SMILES string of the molecule is CN(C)c1ccc(Nc2ncnc3cc(C(=O)[O-])ccc23)cc1. The van der Waals surface area contributed by atoms with E-state index in [2.05, 4.69) is 15.3 Å². The predicted octanol–water partition coefficient (Wildman–Crippen LogP) is 1.80. The van der Waals surface area contributed by atoms with Gasteiger partial charge >= 0.3 is 0 Å². The minimum absolute atomic E-state index is 0.0949. The highest BCUT2D eigenvalue weighted by atomic mass is 16.4. The second-order valence-corrected chi connectivity index (χ2v) is 5.31. The molecule has 0 aliphatic heterocycles. The minimum Gasteiger partial charge on any atom is -0.545 e. The van der Waals surface area contributed by atoms with E-state index in [1.165, 1.54) is 18.5 Å². The first-order chi connectivity index (χ1) is 11.0. The van der Waals surface area contributed by atoms with Gasteiger partial charge in [-0.05, 0) is 42.0 Å². The number of anilines is 3. The highest BCUT2D eigenvalue weighted by molar-refractivity contribution is 5.96. The number of aromatic carboxylic acids is 1. The molecule has 23 heavy (non-hydrogen) atoms. The van der Waals surface area contributed by atoms with E-state index in [0.717, 1.165) is 16.8 Å². The number of hydrogen-bond acceptors (Lipinski definition) is 6. The van der Waals surface area contributed by atoms with E-state index in [9.17, 15) is 9.90 Å². The van der Waals surface area contributed by atoms with E-state index >= 15 is 0 Å². The number of aromatic nitrogens is 2. The van der Waals surface area contributed by atoms with Crippen molar-refractivity contribution in [1.29, 1.82) is 0 Å². The second kappa shape index (κ2) is 5.92. The van der Waals surface area contributed by atoms with Gasteiger partial charge in [-0.1, -0.05) is 6.07 Å². The fraction of sp³-hybridized carbons (Fsp3) is 0.118. The number of fused-ring (bicyclic) bond motifs is 1. The van der Waals surface area contributed by atoms with E-state index < -0.39 is 5.97 Å². The number of rotatable bonds is 4. The monoisotopic (exact) mass is 307 g/mol. The average molecular weight is 307 g/mol. The third-order valence-electron chi connectivity index (χ3n) is 3.52. The third-order valence-corrected chi connectivity index (χ3v) is 3.52. The number of carbonyl (C=O) groups excluding carboxylic acids is 1. The van der Waals surface area contributed by atoms with Gasteiger partial charge < -0.3 is 20.1 Å². The van der Waals surface area contributed by atoms with E-state index in [1.807, 2.05) is 43.3 Å². The number of carboxylic acid groups (broad SMARTS) is 1. The smallest absolute Gasteiger partial charge is 0.141 e. The predicted molar refractivity (Wildman–Crippen MR) is 87.9 cm³/mol. The van der Waals surface area contributed by atoms with Gasteiger partial charge in [0.15, 0.2) is 0 Å². The van der Waals surface area contributed by atoms with Gasteiger partial charge in [-0.15, -0.1) is 0 Å². The van der Waals surface area contributed by atoms with Crippen molar-refractivity contribution in [3.05, 3.63) is 54.4 Å². The van der Waals surface area contributed by atoms with E-state index in [4.69, 9.17) is 0 Å². The van der Waals surface area contributed by atoms with Crippen LogP contribution in [0.15, 0.2) is 48.8 Å². The third kappa shape index (κ3) is 3.06. The van der Waals surface area contributed by atoms with Gasteiger partial charge in [0.25, 0.3) is 0 Å². The largest absolute Gasteiger partial charge is 0.545 e. The van der Waals surface area contributed by atoms with Gasteiger partial charge in [-0.3, -0.25) is 0 Å². The Balaban J connectivity index is 1.95. The maximum atomic E-state index is 10.9. The zero-order valence-corrected chi connectivity index (χ0v) is 12.8. The first kappa shape index (κ1) is 14.8. The first-order valence-corrected chi connectivity index (χ1v) is 7.05. The molecule has 0 saturated heterocycles. The van der Waals surface area contributed by atoms with Crippen LogP contribution in [0.25, 0.3) is 10.9 Å². The Labute approximate surface area is 133 Å². The van der Waals surface area contributed by atoms with Crippen molar-refractivity contribution >= 4 is 34.1 Å². The summed E-state index contributed by atoms with van der Waals surface area (Å²) in [6.07, 6.45) is 1.40. The number of carbonyl (C=O) groups is 1. The highest BCUT2D eigenvalue weighted by Crippen LogP contribution is 2.24. The van der Waals surface area contributed by atoms with Crippen molar-refractivity contribution < 1.29 is 9.90 Å². The molecule has 0 amide bonds. The maximum Gasteiger partial charge on any atom is 0.141 e. The summed E-state index contributed by atoms with van der Waals surface area (Å²) in [5.74, 6) is -0.600. The quantitative estimate of drug-likeness (QED) is 0.791. The van der Waals surface area contributed by atoms with Crippen molar-refractivity contribution in [2.24, 2.45) is 0 Å². The molecule has 0 unspecified atom stereocenters. The van der Waals surface area contributed by atoms with Crippen LogP contribution in [0.3, 0.4) is 0 Å². The van der Waals surface area contributed by atoms with Crippen LogP contribution >= 0.6 is 0 Å². The zero-order valence-electron chi connectivity index (χ0n) is 12.8. The maximum absolute atomic E-state index is 10.9. The van der Waals surface area contributed by atoms with E-state index in [1.54, 1.807) is 6.07 Å². The van der Waals surface area contributed by atoms with Gasteiger partial charge in [-0.2, -0.15) is 0 Å². The minimum atomic E-state index is -1.22. The molecule has 1 aromatic heterocycles. The normalized spacial score (nSPS) is 10.5. The number of carboxylic acids is 1. The molecule has 6 nitrogen and oxygen atoms in total. The molecule has 0 atom stereocenters. The van der Waals surface area contributed by atoms with Crippen LogP contribution in [0.4, 0.5) is 17.2 Å². The van der Waals surface area contributed by atoms with Crippen LogP contribution in [0, 0.1) is 0 Å². The van der Waals surface area contributed by atoms with Gasteiger partial charge in [0.2, 0.25) is 0 Å². The Morgan fingerprint density at radius 3 is 2.48 bits per heavy atom. The van der Waals surface area contributed by atoms with Crippen LogP contribution in [0.1, 0.15) is 10.4 Å². The Morgan fingerprint density at radius 1 is 1.09 bits per heavy atom. The Bertz CT molecular complexity index is 860. The zero-order chi connectivity index (χ0) is 16.4. The van der Waals surface area contributed by atoms with Crippen molar-refractivity contribution in [3.63, 3.8) is 0 Å². The summed E-state index contributed by atoms with van der Waals surface area (Å²) >= 11 is 0. The number of hydrogen-bond donors (Lipinski definition) is 1. The molecule has 0 bridgehead atoms. The number of nitrogens with zero attached hydrogens (tertiary/aromatic N) is 3. The lowest BCUT2D eigenvalue weighted by atomic mass is 10.1. The molecule has 1 N–H and O–H groups in total. The Hall–Kier alpha value is -3.15. The van der Waals surface area contributed by atoms with Gasteiger partial charge in [0, 0.05) is 30.9 Å². The van der Waals surface area contributed by atoms with Crippen molar-refractivity contribution in [2.45, 2.75) is 0 Å². The lowest BCUT2D eigenvalue weighted by Gasteiger charge is -2.14. The molecular weight excluding hydrogens is 292 g/mol. The van der Waals surface area contributed by atoms with Crippen LogP contribution in [0.2, 0.25) is 0 Å². The lowest BCUT2D eigenvalue weighted by molar-refractivity contribution is -0.255. The molecule has 6 heteroatoms. The summed E-state index contributed by atoms with van der Waals surface area (Å²) in [5.41, 5.74) is 2.63. The molecule has 1 heterocycles. The molecule has 0 spiro atoms. The van der Waals surface area contributed by atoms with Crippen LogP contribution in [0.5, 0.6) is 0 Å². The highest BCUT2D eigenvalue weighted by Gasteiger charge is 2.06. The van der Waals surface area contributed by atoms with Crippen LogP contribution < -0.4 is 15.3 Å². The molecule has 3 aromatic rings. The Kier molecular flexibility index (Phi) is 3.80. The average Bonchev–Trinajstić information content (AvgIpc) is 2.55. The summed E-state index contributed by atoms with van der Waals surface area (Å²) in [5, 5.41) is 14.9. The van der Waals surface area contributed by atoms with Crippen LogP contribution in [-0.2, 0) is 0 Å². The van der Waals surface area contributed by atoms with Gasteiger partial charge in [-0.25, -0.2) is 9.97 Å². The fourth-order valence-corrected chi connectivity index (χ4v) is 2.26. The molecule has 2 aromatic carbocycles. The van der Waals surface area contributed by atoms with E-state index in [0.29, 0.717) is 11.3 Å². The summed E-state index contributed by atoms with van der Waals surface area (Å²) in [6, 6.07) is 12.6. The standard InChI is InChI=1S/C17H16N4O2/c1-21(2)13-6-4-12(5-7-13)20-16-14-8-3-11(17(22)23)9-15(14)18-10-19-16/h3-10H,1-2H3,(H,22,23)(H,18,19,20)/p-1. The molecule has 0 radical (unpaired) electrons. The van der Waals surface area contributed by atoms with Crippen molar-refractivity contribution in [2.75, 3.05) is 24.3 Å². The lowest BCUT2D eigenvalue weighted by Crippen LogP contribution is -2.22. The molecular formula is C17H15N4O2-. The number of benzene rings is 2. The molecule has 0 fully saturated rings. The van der Waals surface area contributed by atoms with Crippen LogP contribution in [-0.4, -0.2) is 30.0 Å². The summed E-state index contributed by atoms with van der Waals surface area (Å²) in [7, 11) is 3.96. The molecule has 3 rings (SSSR count). The molecule has 0 aliphatic carbocycles. The van der Waals surface area contributed by atoms with Gasteiger partial charge in [0.05, 0.1) is 11.5 Å². The summed E-state index contributed by atoms with van der Waals surface area (Å²) in [6.45, 7) is 0.